The maximum absolute atomic E-state index is 11.5. The van der Waals surface area contributed by atoms with Crippen LogP contribution in [-0.2, 0) is 4.79 Å². The van der Waals surface area contributed by atoms with E-state index in [9.17, 15) is 4.79 Å². The van der Waals surface area contributed by atoms with Gasteiger partial charge in [-0.25, -0.2) is 0 Å². The number of amides is 1. The van der Waals surface area contributed by atoms with Crippen molar-refractivity contribution in [3.63, 3.8) is 0 Å². The molecule has 0 bridgehead atoms. The second-order valence-electron chi connectivity index (χ2n) is 4.95. The lowest BCUT2D eigenvalue weighted by atomic mass is 10.1. The second-order valence-corrected chi connectivity index (χ2v) is 6.46. The van der Waals surface area contributed by atoms with Crippen LogP contribution in [0.1, 0.15) is 33.1 Å². The second kappa shape index (κ2) is 5.21. The summed E-state index contributed by atoms with van der Waals surface area (Å²) in [4.78, 5) is 11.5. The maximum atomic E-state index is 11.5. The molecule has 1 saturated carbocycles. The van der Waals surface area contributed by atoms with Gasteiger partial charge in [0.25, 0.3) is 0 Å². The largest absolute Gasteiger partial charge is 0.355 e. The molecule has 4 heteroatoms. The zero-order valence-electron chi connectivity index (χ0n) is 9.88. The minimum absolute atomic E-state index is 0.0717. The topological polar surface area (TPSA) is 55.1 Å². The Hall–Kier alpha value is -0.220. The van der Waals surface area contributed by atoms with Crippen LogP contribution < -0.4 is 11.1 Å². The summed E-state index contributed by atoms with van der Waals surface area (Å²) in [6.07, 6.45) is 4.94. The van der Waals surface area contributed by atoms with E-state index in [1.807, 2.05) is 0 Å². The van der Waals surface area contributed by atoms with Gasteiger partial charge in [-0.05, 0) is 38.9 Å². The maximum Gasteiger partial charge on any atom is 0.221 e. The molecule has 0 aliphatic heterocycles. The summed E-state index contributed by atoms with van der Waals surface area (Å²) in [5.74, 6) is 0.695. The molecule has 0 aromatic heterocycles. The van der Waals surface area contributed by atoms with Crippen molar-refractivity contribution in [2.24, 2.45) is 11.7 Å². The van der Waals surface area contributed by atoms with E-state index < -0.39 is 0 Å². The van der Waals surface area contributed by atoms with E-state index in [2.05, 4.69) is 25.4 Å². The zero-order valence-corrected chi connectivity index (χ0v) is 10.7. The number of rotatable bonds is 6. The van der Waals surface area contributed by atoms with E-state index in [0.29, 0.717) is 18.9 Å². The van der Waals surface area contributed by atoms with E-state index in [-0.39, 0.29) is 16.7 Å². The molecular formula is C11H22N2OS. The number of hydrogen-bond acceptors (Lipinski definition) is 3. The smallest absolute Gasteiger partial charge is 0.221 e. The summed E-state index contributed by atoms with van der Waals surface area (Å²) in [6.45, 7) is 4.96. The molecule has 1 atom stereocenters. The molecule has 3 nitrogen and oxygen atoms in total. The van der Waals surface area contributed by atoms with E-state index in [0.717, 1.165) is 0 Å². The van der Waals surface area contributed by atoms with Crippen LogP contribution in [0.2, 0.25) is 0 Å². The summed E-state index contributed by atoms with van der Waals surface area (Å²) >= 11 is 1.76. The van der Waals surface area contributed by atoms with Crippen LogP contribution in [0.3, 0.4) is 0 Å². The summed E-state index contributed by atoms with van der Waals surface area (Å²) in [5.41, 5.74) is 5.89. The fraction of sp³-hybridized carbons (Fsp3) is 0.909. The highest BCUT2D eigenvalue weighted by Gasteiger charge is 2.30. The van der Waals surface area contributed by atoms with Gasteiger partial charge in [-0.2, -0.15) is 11.8 Å². The molecule has 1 aliphatic rings. The molecule has 0 spiro atoms. The number of hydrogen-bond donors (Lipinski definition) is 2. The quantitative estimate of drug-likeness (QED) is 0.724. The molecule has 0 aromatic carbocycles. The van der Waals surface area contributed by atoms with Gasteiger partial charge in [-0.1, -0.05) is 0 Å². The van der Waals surface area contributed by atoms with Crippen LogP contribution in [0.4, 0.5) is 0 Å². The van der Waals surface area contributed by atoms with Crippen molar-refractivity contribution in [3.8, 4) is 0 Å². The van der Waals surface area contributed by atoms with E-state index in [4.69, 9.17) is 5.73 Å². The lowest BCUT2D eigenvalue weighted by molar-refractivity contribution is -0.121. The molecule has 1 fully saturated rings. The SMILES string of the molecule is CSC(C)(C)CNC(=O)CC(N)C1CC1. The first-order valence-corrected chi connectivity index (χ1v) is 6.74. The third-order valence-electron chi connectivity index (χ3n) is 2.91. The summed E-state index contributed by atoms with van der Waals surface area (Å²) in [5, 5.41) is 2.95. The van der Waals surface area contributed by atoms with Crippen molar-refractivity contribution < 1.29 is 4.79 Å². The molecule has 1 aliphatic carbocycles. The Kier molecular flexibility index (Phi) is 4.46. The molecule has 0 aromatic rings. The van der Waals surface area contributed by atoms with Gasteiger partial charge in [-0.15, -0.1) is 0 Å². The number of nitrogens with two attached hydrogens (primary N) is 1. The number of carbonyl (C=O) groups excluding carboxylic acids is 1. The van der Waals surface area contributed by atoms with Crippen LogP contribution in [0.15, 0.2) is 0 Å². The molecule has 0 saturated heterocycles. The first-order valence-electron chi connectivity index (χ1n) is 5.52. The molecule has 88 valence electrons. The van der Waals surface area contributed by atoms with Gasteiger partial charge in [0.2, 0.25) is 5.91 Å². The highest BCUT2D eigenvalue weighted by atomic mass is 32.2. The molecule has 3 N–H and O–H groups in total. The Morgan fingerprint density at radius 2 is 2.20 bits per heavy atom. The van der Waals surface area contributed by atoms with Crippen LogP contribution in [-0.4, -0.2) is 29.5 Å². The Morgan fingerprint density at radius 1 is 1.60 bits per heavy atom. The third kappa shape index (κ3) is 4.89. The van der Waals surface area contributed by atoms with Gasteiger partial charge in [0.05, 0.1) is 0 Å². The van der Waals surface area contributed by atoms with Crippen molar-refractivity contribution >= 4 is 17.7 Å². The van der Waals surface area contributed by atoms with Gasteiger partial charge < -0.3 is 11.1 Å². The predicted molar refractivity (Wildman–Crippen MR) is 65.9 cm³/mol. The average molecular weight is 230 g/mol. The number of nitrogens with one attached hydrogen (secondary N) is 1. The van der Waals surface area contributed by atoms with Crippen molar-refractivity contribution in [1.82, 2.24) is 5.32 Å². The molecule has 15 heavy (non-hydrogen) atoms. The normalized spacial score (nSPS) is 18.7. The van der Waals surface area contributed by atoms with E-state index in [1.165, 1.54) is 12.8 Å². The van der Waals surface area contributed by atoms with Crippen molar-refractivity contribution in [1.29, 1.82) is 0 Å². The highest BCUT2D eigenvalue weighted by Crippen LogP contribution is 2.32. The molecule has 0 radical (unpaired) electrons. The highest BCUT2D eigenvalue weighted by molar-refractivity contribution is 7.99. The number of carbonyl (C=O) groups is 1. The Labute approximate surface area is 96.6 Å². The lowest BCUT2D eigenvalue weighted by Crippen LogP contribution is -2.39. The van der Waals surface area contributed by atoms with E-state index >= 15 is 0 Å². The standard InChI is InChI=1S/C11H22N2OS/c1-11(2,15-3)7-13-10(14)6-9(12)8-4-5-8/h8-9H,4-7,12H2,1-3H3,(H,13,14). The summed E-state index contributed by atoms with van der Waals surface area (Å²) < 4.78 is 0.110. The fourth-order valence-electron chi connectivity index (χ4n) is 1.36. The predicted octanol–water partition coefficient (Wildman–Crippen LogP) is 1.37. The van der Waals surface area contributed by atoms with Crippen LogP contribution in [0, 0.1) is 5.92 Å². The van der Waals surface area contributed by atoms with Crippen molar-refractivity contribution in [2.45, 2.75) is 43.9 Å². The van der Waals surface area contributed by atoms with Gasteiger partial charge in [0, 0.05) is 23.8 Å². The Bertz CT molecular complexity index is 227. The van der Waals surface area contributed by atoms with Crippen molar-refractivity contribution in [2.75, 3.05) is 12.8 Å². The van der Waals surface area contributed by atoms with Crippen LogP contribution in [0.5, 0.6) is 0 Å². The number of thioether (sulfide) groups is 1. The van der Waals surface area contributed by atoms with Gasteiger partial charge in [-0.3, -0.25) is 4.79 Å². The average Bonchev–Trinajstić information content (AvgIpc) is 2.98. The molecule has 1 rings (SSSR count). The monoisotopic (exact) mass is 230 g/mol. The minimum Gasteiger partial charge on any atom is -0.355 e. The first kappa shape index (κ1) is 12.8. The minimum atomic E-state index is 0.0717. The molecule has 1 amide bonds. The third-order valence-corrected chi connectivity index (χ3v) is 4.16. The Balaban J connectivity index is 2.17. The van der Waals surface area contributed by atoms with Gasteiger partial charge in [0.15, 0.2) is 0 Å². The van der Waals surface area contributed by atoms with Crippen molar-refractivity contribution in [3.05, 3.63) is 0 Å². The van der Waals surface area contributed by atoms with E-state index in [1.54, 1.807) is 11.8 Å². The summed E-state index contributed by atoms with van der Waals surface area (Å²) in [7, 11) is 0. The molecular weight excluding hydrogens is 208 g/mol. The zero-order chi connectivity index (χ0) is 11.5. The van der Waals surface area contributed by atoms with Crippen LogP contribution in [0.25, 0.3) is 0 Å². The van der Waals surface area contributed by atoms with Gasteiger partial charge >= 0.3 is 0 Å². The lowest BCUT2D eigenvalue weighted by Gasteiger charge is -2.22. The first-order chi connectivity index (χ1) is 6.94. The van der Waals surface area contributed by atoms with Crippen LogP contribution >= 0.6 is 11.8 Å². The summed E-state index contributed by atoms with van der Waals surface area (Å²) in [6, 6.07) is 0.0717. The fourth-order valence-corrected chi connectivity index (χ4v) is 1.58. The van der Waals surface area contributed by atoms with Gasteiger partial charge in [0.1, 0.15) is 0 Å². The molecule has 1 unspecified atom stereocenters. The molecule has 0 heterocycles. The Morgan fingerprint density at radius 3 is 2.67 bits per heavy atom.